The van der Waals surface area contributed by atoms with Gasteiger partial charge >= 0.3 is 0 Å². The van der Waals surface area contributed by atoms with Crippen LogP contribution in [0.2, 0.25) is 0 Å². The zero-order valence-corrected chi connectivity index (χ0v) is 14.3. The number of benzene rings is 1. The molecule has 4 heteroatoms. The first-order chi connectivity index (χ1) is 10.4. The second-order valence-corrected chi connectivity index (χ2v) is 7.26. The fraction of sp³-hybridized carbons (Fsp3) is 0.667. The van der Waals surface area contributed by atoms with E-state index in [0.717, 1.165) is 23.0 Å². The molecule has 0 unspecified atom stereocenters. The molecule has 1 aromatic rings. The Morgan fingerprint density at radius 1 is 1.32 bits per heavy atom. The van der Waals surface area contributed by atoms with Crippen LogP contribution in [0.5, 0.6) is 5.75 Å². The summed E-state index contributed by atoms with van der Waals surface area (Å²) in [4.78, 5) is 0. The van der Waals surface area contributed by atoms with Crippen molar-refractivity contribution in [1.29, 1.82) is 0 Å². The van der Waals surface area contributed by atoms with Crippen molar-refractivity contribution in [3.8, 4) is 5.75 Å². The zero-order chi connectivity index (χ0) is 16.2. The Kier molecular flexibility index (Phi) is 5.57. The third-order valence-corrected chi connectivity index (χ3v) is 4.28. The highest BCUT2D eigenvalue weighted by Crippen LogP contribution is 2.40. The van der Waals surface area contributed by atoms with E-state index in [1.54, 1.807) is 0 Å². The van der Waals surface area contributed by atoms with Gasteiger partial charge in [-0.1, -0.05) is 20.8 Å². The SMILES string of the molecule is CCOCOc1ccc(N)c(N[C@@H]2C[C@H](C)CC(C)(C)C2)c1. The van der Waals surface area contributed by atoms with Crippen molar-refractivity contribution >= 4 is 11.4 Å². The molecular formula is C18H30N2O2. The summed E-state index contributed by atoms with van der Waals surface area (Å²) < 4.78 is 10.8. The van der Waals surface area contributed by atoms with Crippen molar-refractivity contribution in [2.45, 2.75) is 53.0 Å². The lowest BCUT2D eigenvalue weighted by molar-refractivity contribution is 0.0224. The predicted octanol–water partition coefficient (Wildman–Crippen LogP) is 4.27. The van der Waals surface area contributed by atoms with Gasteiger partial charge in [-0.15, -0.1) is 0 Å². The van der Waals surface area contributed by atoms with Gasteiger partial charge in [0.1, 0.15) is 5.75 Å². The fourth-order valence-corrected chi connectivity index (χ4v) is 3.62. The Morgan fingerprint density at radius 3 is 2.77 bits per heavy atom. The minimum Gasteiger partial charge on any atom is -0.467 e. The van der Waals surface area contributed by atoms with E-state index >= 15 is 0 Å². The first-order valence-electron chi connectivity index (χ1n) is 8.26. The van der Waals surface area contributed by atoms with E-state index in [9.17, 15) is 0 Å². The summed E-state index contributed by atoms with van der Waals surface area (Å²) in [5.74, 6) is 1.52. The Labute approximate surface area is 134 Å². The van der Waals surface area contributed by atoms with Gasteiger partial charge in [-0.25, -0.2) is 0 Å². The van der Waals surface area contributed by atoms with E-state index in [4.69, 9.17) is 15.2 Å². The standard InChI is InChI=1S/C18H30N2O2/c1-5-21-12-22-15-6-7-16(19)17(9-15)20-14-8-13(2)10-18(3,4)11-14/h6-7,9,13-14,20H,5,8,10-12,19H2,1-4H3/t13-,14+/m0/s1. The average molecular weight is 306 g/mol. The number of anilines is 2. The van der Waals surface area contributed by atoms with Crippen molar-refractivity contribution in [2.75, 3.05) is 24.5 Å². The normalized spacial score (nSPS) is 24.0. The highest BCUT2D eigenvalue weighted by Gasteiger charge is 2.32. The van der Waals surface area contributed by atoms with E-state index in [1.807, 2.05) is 25.1 Å². The van der Waals surface area contributed by atoms with Crippen molar-refractivity contribution in [3.05, 3.63) is 18.2 Å². The Balaban J connectivity index is 2.03. The number of nitrogens with two attached hydrogens (primary N) is 1. The molecule has 0 spiro atoms. The molecule has 124 valence electrons. The number of hydrogen-bond acceptors (Lipinski definition) is 4. The van der Waals surface area contributed by atoms with Gasteiger partial charge in [0.25, 0.3) is 0 Å². The first-order valence-corrected chi connectivity index (χ1v) is 8.26. The van der Waals surface area contributed by atoms with Crippen LogP contribution in [0, 0.1) is 11.3 Å². The summed E-state index contributed by atoms with van der Waals surface area (Å²) in [6.07, 6.45) is 3.64. The highest BCUT2D eigenvalue weighted by atomic mass is 16.7. The molecule has 1 aliphatic rings. The molecule has 3 N–H and O–H groups in total. The van der Waals surface area contributed by atoms with Crippen LogP contribution in [0.15, 0.2) is 18.2 Å². The van der Waals surface area contributed by atoms with Gasteiger partial charge in [0, 0.05) is 18.7 Å². The molecule has 1 aliphatic carbocycles. The van der Waals surface area contributed by atoms with Crippen molar-refractivity contribution in [1.82, 2.24) is 0 Å². The topological polar surface area (TPSA) is 56.5 Å². The quantitative estimate of drug-likeness (QED) is 0.468. The van der Waals surface area contributed by atoms with Gasteiger partial charge in [-0.2, -0.15) is 0 Å². The van der Waals surface area contributed by atoms with Crippen LogP contribution in [-0.4, -0.2) is 19.4 Å². The third kappa shape index (κ3) is 4.80. The predicted molar refractivity (Wildman–Crippen MR) is 92.2 cm³/mol. The molecule has 22 heavy (non-hydrogen) atoms. The molecule has 2 atom stereocenters. The fourth-order valence-electron chi connectivity index (χ4n) is 3.62. The van der Waals surface area contributed by atoms with E-state index < -0.39 is 0 Å². The number of hydrogen-bond donors (Lipinski definition) is 2. The number of nitrogen functional groups attached to an aromatic ring is 1. The molecule has 2 rings (SSSR count). The number of nitrogens with one attached hydrogen (secondary N) is 1. The smallest absolute Gasteiger partial charge is 0.189 e. The van der Waals surface area contributed by atoms with Crippen LogP contribution >= 0.6 is 0 Å². The average Bonchev–Trinajstić information content (AvgIpc) is 2.40. The van der Waals surface area contributed by atoms with Gasteiger partial charge in [0.2, 0.25) is 0 Å². The summed E-state index contributed by atoms with van der Waals surface area (Å²) >= 11 is 0. The summed E-state index contributed by atoms with van der Waals surface area (Å²) in [6.45, 7) is 9.90. The molecule has 0 bridgehead atoms. The van der Waals surface area contributed by atoms with Gasteiger partial charge in [-0.05, 0) is 49.7 Å². The van der Waals surface area contributed by atoms with Crippen molar-refractivity contribution in [2.24, 2.45) is 11.3 Å². The van der Waals surface area contributed by atoms with Crippen LogP contribution in [0.3, 0.4) is 0 Å². The van der Waals surface area contributed by atoms with Crippen molar-refractivity contribution < 1.29 is 9.47 Å². The lowest BCUT2D eigenvalue weighted by atomic mass is 9.70. The second kappa shape index (κ2) is 7.23. The number of ether oxygens (including phenoxy) is 2. The summed E-state index contributed by atoms with van der Waals surface area (Å²) in [6, 6.07) is 6.21. The lowest BCUT2D eigenvalue weighted by Crippen LogP contribution is -2.35. The second-order valence-electron chi connectivity index (χ2n) is 7.26. The van der Waals surface area contributed by atoms with Crippen LogP contribution in [-0.2, 0) is 4.74 Å². The van der Waals surface area contributed by atoms with E-state index in [1.165, 1.54) is 19.3 Å². The highest BCUT2D eigenvalue weighted by molar-refractivity contribution is 5.68. The monoisotopic (exact) mass is 306 g/mol. The Hall–Kier alpha value is -1.42. The maximum Gasteiger partial charge on any atom is 0.189 e. The van der Waals surface area contributed by atoms with E-state index in [-0.39, 0.29) is 6.79 Å². The van der Waals surface area contributed by atoms with Crippen LogP contribution < -0.4 is 15.8 Å². The summed E-state index contributed by atoms with van der Waals surface area (Å²) in [5, 5.41) is 3.62. The molecule has 0 radical (unpaired) electrons. The largest absolute Gasteiger partial charge is 0.467 e. The molecule has 1 aromatic carbocycles. The van der Waals surface area contributed by atoms with Gasteiger partial charge in [0.15, 0.2) is 6.79 Å². The molecule has 1 fully saturated rings. The van der Waals surface area contributed by atoms with Crippen LogP contribution in [0.1, 0.15) is 47.0 Å². The van der Waals surface area contributed by atoms with Crippen LogP contribution in [0.25, 0.3) is 0 Å². The molecule has 1 saturated carbocycles. The third-order valence-electron chi connectivity index (χ3n) is 4.28. The Morgan fingerprint density at radius 2 is 2.09 bits per heavy atom. The number of rotatable bonds is 6. The van der Waals surface area contributed by atoms with E-state index in [2.05, 4.69) is 26.1 Å². The molecule has 0 aliphatic heterocycles. The van der Waals surface area contributed by atoms with Gasteiger partial charge in [0.05, 0.1) is 11.4 Å². The molecule has 4 nitrogen and oxygen atoms in total. The van der Waals surface area contributed by atoms with Crippen LogP contribution in [0.4, 0.5) is 11.4 Å². The molecular weight excluding hydrogens is 276 g/mol. The molecule has 0 aromatic heterocycles. The maximum atomic E-state index is 6.11. The maximum absolute atomic E-state index is 6.11. The van der Waals surface area contributed by atoms with Gasteiger partial charge in [-0.3, -0.25) is 0 Å². The minimum absolute atomic E-state index is 0.271. The van der Waals surface area contributed by atoms with E-state index in [0.29, 0.717) is 18.1 Å². The zero-order valence-electron chi connectivity index (χ0n) is 14.3. The Bertz CT molecular complexity index is 488. The molecule has 0 heterocycles. The lowest BCUT2D eigenvalue weighted by Gasteiger charge is -2.39. The molecule has 0 amide bonds. The van der Waals surface area contributed by atoms with Crippen molar-refractivity contribution in [3.63, 3.8) is 0 Å². The molecule has 0 saturated heterocycles. The summed E-state index contributed by atoms with van der Waals surface area (Å²) in [5.41, 5.74) is 8.22. The summed E-state index contributed by atoms with van der Waals surface area (Å²) in [7, 11) is 0. The minimum atomic E-state index is 0.271. The van der Waals surface area contributed by atoms with Gasteiger partial charge < -0.3 is 20.5 Å². The first kappa shape index (κ1) is 16.9.